The van der Waals surface area contributed by atoms with Crippen molar-refractivity contribution in [3.05, 3.63) is 52.2 Å². The number of hydrogen-bond acceptors (Lipinski definition) is 3. The van der Waals surface area contributed by atoms with E-state index in [2.05, 4.69) is 23.7 Å². The van der Waals surface area contributed by atoms with Crippen molar-refractivity contribution >= 4 is 11.3 Å². The van der Waals surface area contributed by atoms with Crippen molar-refractivity contribution in [1.29, 1.82) is 0 Å². The zero-order chi connectivity index (χ0) is 11.4. The number of rotatable bonds is 4. The average Bonchev–Trinajstić information content (AvgIpc) is 2.79. The Kier molecular flexibility index (Phi) is 3.59. The molecule has 0 aliphatic heterocycles. The van der Waals surface area contributed by atoms with Crippen LogP contribution in [0, 0.1) is 0 Å². The maximum Gasteiger partial charge on any atom is 0.120 e. The molecule has 0 bridgehead atoms. The molecule has 2 aromatic rings. The van der Waals surface area contributed by atoms with E-state index in [1.807, 2.05) is 24.3 Å². The molecule has 3 heteroatoms. The summed E-state index contributed by atoms with van der Waals surface area (Å²) in [6.45, 7) is 2.90. The highest BCUT2D eigenvalue weighted by Crippen LogP contribution is 2.23. The second-order valence-electron chi connectivity index (χ2n) is 3.74. The van der Waals surface area contributed by atoms with E-state index in [4.69, 9.17) is 0 Å². The van der Waals surface area contributed by atoms with Crippen LogP contribution in [0.25, 0.3) is 0 Å². The molecule has 84 valence electrons. The lowest BCUT2D eigenvalue weighted by Gasteiger charge is -2.14. The predicted molar refractivity (Wildman–Crippen MR) is 67.7 cm³/mol. The van der Waals surface area contributed by atoms with Gasteiger partial charge in [-0.05, 0) is 24.4 Å². The van der Waals surface area contributed by atoms with Gasteiger partial charge in [-0.2, -0.15) is 0 Å². The maximum atomic E-state index is 9.70. The highest BCUT2D eigenvalue weighted by Gasteiger charge is 2.08. The lowest BCUT2D eigenvalue weighted by molar-refractivity contribution is 0.452. The summed E-state index contributed by atoms with van der Waals surface area (Å²) in [5.74, 6) is 0.355. The SMILES string of the molecule is CC(NCc1cccs1)c1ccccc1O. The van der Waals surface area contributed by atoms with Crippen LogP contribution in [0.3, 0.4) is 0 Å². The molecular formula is C13H15NOS. The molecule has 2 nitrogen and oxygen atoms in total. The van der Waals surface area contributed by atoms with Crippen LogP contribution in [0.5, 0.6) is 5.75 Å². The molecule has 2 rings (SSSR count). The molecule has 0 spiro atoms. The number of benzene rings is 1. The van der Waals surface area contributed by atoms with Gasteiger partial charge in [0.2, 0.25) is 0 Å². The molecule has 0 radical (unpaired) electrons. The summed E-state index contributed by atoms with van der Waals surface area (Å²) in [5, 5.41) is 15.2. The maximum absolute atomic E-state index is 9.70. The second-order valence-corrected chi connectivity index (χ2v) is 4.77. The zero-order valence-corrected chi connectivity index (χ0v) is 10.00. The number of phenolic OH excluding ortho intramolecular Hbond substituents is 1. The van der Waals surface area contributed by atoms with Crippen molar-refractivity contribution in [2.75, 3.05) is 0 Å². The Balaban J connectivity index is 1.98. The molecule has 2 N–H and O–H groups in total. The van der Waals surface area contributed by atoms with Gasteiger partial charge in [0.15, 0.2) is 0 Å². The minimum absolute atomic E-state index is 0.156. The van der Waals surface area contributed by atoms with Crippen LogP contribution in [0.4, 0.5) is 0 Å². The minimum Gasteiger partial charge on any atom is -0.508 e. The third-order valence-corrected chi connectivity index (χ3v) is 3.44. The molecule has 1 atom stereocenters. The van der Waals surface area contributed by atoms with E-state index in [0.29, 0.717) is 5.75 Å². The van der Waals surface area contributed by atoms with E-state index in [0.717, 1.165) is 12.1 Å². The van der Waals surface area contributed by atoms with E-state index < -0.39 is 0 Å². The summed E-state index contributed by atoms with van der Waals surface area (Å²) in [6.07, 6.45) is 0. The molecule has 1 unspecified atom stereocenters. The van der Waals surface area contributed by atoms with Crippen LogP contribution in [0.15, 0.2) is 41.8 Å². The monoisotopic (exact) mass is 233 g/mol. The van der Waals surface area contributed by atoms with Gasteiger partial charge in [0.05, 0.1) is 0 Å². The van der Waals surface area contributed by atoms with Gasteiger partial charge in [0.1, 0.15) is 5.75 Å². The Bertz CT molecular complexity index is 439. The molecule has 0 aliphatic rings. The summed E-state index contributed by atoms with van der Waals surface area (Å²) in [5.41, 5.74) is 0.944. The molecule has 16 heavy (non-hydrogen) atoms. The predicted octanol–water partition coefficient (Wildman–Crippen LogP) is 3.30. The summed E-state index contributed by atoms with van der Waals surface area (Å²) in [7, 11) is 0. The first-order valence-corrected chi connectivity index (χ1v) is 6.19. The summed E-state index contributed by atoms with van der Waals surface area (Å²) >= 11 is 1.74. The van der Waals surface area contributed by atoms with Gasteiger partial charge in [-0.3, -0.25) is 0 Å². The van der Waals surface area contributed by atoms with E-state index in [9.17, 15) is 5.11 Å². The third kappa shape index (κ3) is 2.62. The molecule has 0 amide bonds. The fourth-order valence-corrected chi connectivity index (χ4v) is 2.29. The van der Waals surface area contributed by atoms with Gasteiger partial charge in [-0.15, -0.1) is 11.3 Å². The largest absolute Gasteiger partial charge is 0.508 e. The van der Waals surface area contributed by atoms with Crippen molar-refractivity contribution in [2.24, 2.45) is 0 Å². The van der Waals surface area contributed by atoms with Crippen LogP contribution >= 0.6 is 11.3 Å². The smallest absolute Gasteiger partial charge is 0.120 e. The lowest BCUT2D eigenvalue weighted by atomic mass is 10.1. The van der Waals surface area contributed by atoms with Crippen molar-refractivity contribution in [2.45, 2.75) is 19.5 Å². The van der Waals surface area contributed by atoms with Crippen LogP contribution in [-0.4, -0.2) is 5.11 Å². The number of hydrogen-bond donors (Lipinski definition) is 2. The molecule has 0 saturated carbocycles. The zero-order valence-electron chi connectivity index (χ0n) is 9.18. The summed E-state index contributed by atoms with van der Waals surface area (Å²) in [4.78, 5) is 1.31. The van der Waals surface area contributed by atoms with E-state index in [-0.39, 0.29) is 6.04 Å². The van der Waals surface area contributed by atoms with Crippen LogP contribution in [0.2, 0.25) is 0 Å². The highest BCUT2D eigenvalue weighted by molar-refractivity contribution is 7.09. The topological polar surface area (TPSA) is 32.3 Å². The molecule has 0 fully saturated rings. The third-order valence-electron chi connectivity index (χ3n) is 2.57. The Labute approximate surface area is 99.6 Å². The van der Waals surface area contributed by atoms with Crippen molar-refractivity contribution in [3.8, 4) is 5.75 Å². The van der Waals surface area contributed by atoms with Gasteiger partial charge >= 0.3 is 0 Å². The van der Waals surface area contributed by atoms with Crippen LogP contribution in [0.1, 0.15) is 23.4 Å². The molecule has 1 aromatic carbocycles. The molecule has 0 saturated heterocycles. The van der Waals surface area contributed by atoms with Crippen molar-refractivity contribution in [1.82, 2.24) is 5.32 Å². The van der Waals surface area contributed by atoms with Gasteiger partial charge < -0.3 is 10.4 Å². The number of aromatic hydroxyl groups is 1. The minimum atomic E-state index is 0.156. The first-order chi connectivity index (χ1) is 7.77. The lowest BCUT2D eigenvalue weighted by Crippen LogP contribution is -2.17. The van der Waals surface area contributed by atoms with E-state index >= 15 is 0 Å². The first kappa shape index (κ1) is 11.2. The first-order valence-electron chi connectivity index (χ1n) is 5.31. The Morgan fingerprint density at radius 2 is 2.06 bits per heavy atom. The number of para-hydroxylation sites is 1. The summed E-state index contributed by atoms with van der Waals surface area (Å²) < 4.78 is 0. The molecule has 0 aliphatic carbocycles. The van der Waals surface area contributed by atoms with Crippen molar-refractivity contribution < 1.29 is 5.11 Å². The molecule has 1 heterocycles. The summed E-state index contributed by atoms with van der Waals surface area (Å²) in [6, 6.07) is 11.8. The van der Waals surface area contributed by atoms with Gasteiger partial charge in [-0.25, -0.2) is 0 Å². The Hall–Kier alpha value is -1.32. The van der Waals surface area contributed by atoms with E-state index in [1.54, 1.807) is 17.4 Å². The fraction of sp³-hybridized carbons (Fsp3) is 0.231. The Morgan fingerprint density at radius 3 is 2.75 bits per heavy atom. The second kappa shape index (κ2) is 5.14. The fourth-order valence-electron chi connectivity index (χ4n) is 1.63. The van der Waals surface area contributed by atoms with E-state index in [1.165, 1.54) is 4.88 Å². The van der Waals surface area contributed by atoms with Gasteiger partial charge in [0.25, 0.3) is 0 Å². The van der Waals surface area contributed by atoms with Gasteiger partial charge in [0, 0.05) is 23.0 Å². The van der Waals surface area contributed by atoms with Gasteiger partial charge in [-0.1, -0.05) is 24.3 Å². The highest BCUT2D eigenvalue weighted by atomic mass is 32.1. The average molecular weight is 233 g/mol. The number of thiophene rings is 1. The normalized spacial score (nSPS) is 12.6. The Morgan fingerprint density at radius 1 is 1.25 bits per heavy atom. The molecular weight excluding hydrogens is 218 g/mol. The quantitative estimate of drug-likeness (QED) is 0.849. The number of nitrogens with one attached hydrogen (secondary N) is 1. The van der Waals surface area contributed by atoms with Crippen molar-refractivity contribution in [3.63, 3.8) is 0 Å². The number of phenols is 1. The standard InChI is InChI=1S/C13H15NOS/c1-10(12-6-2-3-7-13(12)15)14-9-11-5-4-8-16-11/h2-8,10,14-15H,9H2,1H3. The van der Waals surface area contributed by atoms with Crippen LogP contribution in [-0.2, 0) is 6.54 Å². The molecule has 1 aromatic heterocycles. The van der Waals surface area contributed by atoms with Crippen LogP contribution < -0.4 is 5.32 Å².